The van der Waals surface area contributed by atoms with Crippen LogP contribution in [-0.4, -0.2) is 10.1 Å². The van der Waals surface area contributed by atoms with E-state index in [1.165, 1.54) is 11.1 Å². The molecule has 106 valence electrons. The zero-order chi connectivity index (χ0) is 14.8. The number of hydrogen-bond acceptors (Lipinski definition) is 4. The summed E-state index contributed by atoms with van der Waals surface area (Å²) in [4.78, 5) is 4.43. The van der Waals surface area contributed by atoms with Gasteiger partial charge in [-0.1, -0.05) is 45.4 Å². The van der Waals surface area contributed by atoms with E-state index in [2.05, 4.69) is 45.1 Å². The molecule has 2 N–H and O–H groups in total. The van der Waals surface area contributed by atoms with Gasteiger partial charge in [-0.25, -0.2) is 0 Å². The van der Waals surface area contributed by atoms with Crippen LogP contribution < -0.4 is 5.73 Å². The lowest BCUT2D eigenvalue weighted by Crippen LogP contribution is -1.94. The molecule has 0 aliphatic carbocycles. The minimum absolute atomic E-state index is 0.448. The minimum atomic E-state index is 0.448. The van der Waals surface area contributed by atoms with E-state index in [9.17, 15) is 0 Å². The quantitative estimate of drug-likeness (QED) is 0.730. The van der Waals surface area contributed by atoms with E-state index in [4.69, 9.17) is 10.3 Å². The molecule has 0 amide bonds. The molecule has 1 aromatic heterocycles. The van der Waals surface area contributed by atoms with Crippen molar-refractivity contribution >= 4 is 21.6 Å². The van der Waals surface area contributed by atoms with Crippen LogP contribution in [0, 0.1) is 6.92 Å². The molecule has 3 rings (SSSR count). The van der Waals surface area contributed by atoms with Crippen LogP contribution in [0.2, 0.25) is 0 Å². The maximum Gasteiger partial charge on any atom is 0.260 e. The van der Waals surface area contributed by atoms with Crippen LogP contribution in [0.5, 0.6) is 0 Å². The minimum Gasteiger partial charge on any atom is -0.398 e. The third kappa shape index (κ3) is 2.97. The molecule has 0 saturated carbocycles. The zero-order valence-corrected chi connectivity index (χ0v) is 13.1. The van der Waals surface area contributed by atoms with Crippen LogP contribution in [0.15, 0.2) is 51.5 Å². The van der Waals surface area contributed by atoms with Gasteiger partial charge in [-0.3, -0.25) is 0 Å². The molecule has 0 spiro atoms. The standard InChI is InChI=1S/C16H14BrN3O/c1-10-4-2-3-5-11(10)8-15-19-16(21-20-15)13-7-6-12(17)9-14(13)18/h2-7,9H,8,18H2,1H3. The van der Waals surface area contributed by atoms with Crippen molar-refractivity contribution in [1.82, 2.24) is 10.1 Å². The summed E-state index contributed by atoms with van der Waals surface area (Å²) in [5, 5.41) is 4.04. The van der Waals surface area contributed by atoms with E-state index in [0.29, 0.717) is 23.8 Å². The molecule has 0 radical (unpaired) electrons. The fourth-order valence-corrected chi connectivity index (χ4v) is 2.52. The summed E-state index contributed by atoms with van der Waals surface area (Å²) in [7, 11) is 0. The molecule has 0 atom stereocenters. The van der Waals surface area contributed by atoms with Crippen LogP contribution in [-0.2, 0) is 6.42 Å². The third-order valence-corrected chi connectivity index (χ3v) is 3.82. The number of aryl methyl sites for hydroxylation is 1. The first-order valence-corrected chi connectivity index (χ1v) is 7.35. The van der Waals surface area contributed by atoms with Crippen LogP contribution in [0.4, 0.5) is 5.69 Å². The molecule has 0 saturated heterocycles. The lowest BCUT2D eigenvalue weighted by Gasteiger charge is -2.01. The van der Waals surface area contributed by atoms with Gasteiger partial charge in [0.25, 0.3) is 5.89 Å². The van der Waals surface area contributed by atoms with Crippen molar-refractivity contribution < 1.29 is 4.52 Å². The van der Waals surface area contributed by atoms with Crippen molar-refractivity contribution in [3.63, 3.8) is 0 Å². The van der Waals surface area contributed by atoms with Gasteiger partial charge >= 0.3 is 0 Å². The Bertz CT molecular complexity index is 783. The monoisotopic (exact) mass is 343 g/mol. The van der Waals surface area contributed by atoms with Gasteiger partial charge in [0.05, 0.1) is 5.56 Å². The first-order chi connectivity index (χ1) is 10.1. The van der Waals surface area contributed by atoms with Crippen molar-refractivity contribution in [2.24, 2.45) is 0 Å². The molecule has 0 bridgehead atoms. The number of halogens is 1. The summed E-state index contributed by atoms with van der Waals surface area (Å²) in [5.41, 5.74) is 9.74. The number of benzene rings is 2. The Morgan fingerprint density at radius 1 is 1.19 bits per heavy atom. The highest BCUT2D eigenvalue weighted by molar-refractivity contribution is 9.10. The van der Waals surface area contributed by atoms with Crippen LogP contribution in [0.25, 0.3) is 11.5 Å². The number of nitrogen functional groups attached to an aromatic ring is 1. The molecule has 5 heteroatoms. The van der Waals surface area contributed by atoms with E-state index in [1.54, 1.807) is 0 Å². The number of rotatable bonds is 3. The summed E-state index contributed by atoms with van der Waals surface area (Å²) in [6.07, 6.45) is 0.645. The van der Waals surface area contributed by atoms with Crippen molar-refractivity contribution in [2.45, 2.75) is 13.3 Å². The summed E-state index contributed by atoms with van der Waals surface area (Å²) in [6, 6.07) is 13.8. The molecule has 0 unspecified atom stereocenters. The number of aromatic nitrogens is 2. The second-order valence-electron chi connectivity index (χ2n) is 4.85. The van der Waals surface area contributed by atoms with E-state index < -0.39 is 0 Å². The van der Waals surface area contributed by atoms with Crippen LogP contribution >= 0.6 is 15.9 Å². The predicted octanol–water partition coefficient (Wildman–Crippen LogP) is 3.98. The summed E-state index contributed by atoms with van der Waals surface area (Å²) >= 11 is 3.38. The first-order valence-electron chi connectivity index (χ1n) is 6.56. The Morgan fingerprint density at radius 3 is 2.76 bits per heavy atom. The smallest absolute Gasteiger partial charge is 0.260 e. The zero-order valence-electron chi connectivity index (χ0n) is 11.5. The number of nitrogens with two attached hydrogens (primary N) is 1. The maximum atomic E-state index is 5.98. The molecule has 2 aromatic carbocycles. The van der Waals surface area contributed by atoms with Gasteiger partial charge in [0.1, 0.15) is 0 Å². The topological polar surface area (TPSA) is 64.9 Å². The predicted molar refractivity (Wildman–Crippen MR) is 85.8 cm³/mol. The molecular weight excluding hydrogens is 330 g/mol. The Balaban J connectivity index is 1.88. The van der Waals surface area contributed by atoms with Gasteiger partial charge in [0.2, 0.25) is 0 Å². The molecular formula is C16H14BrN3O. The molecule has 3 aromatic rings. The third-order valence-electron chi connectivity index (χ3n) is 3.32. The van der Waals surface area contributed by atoms with Crippen LogP contribution in [0.3, 0.4) is 0 Å². The summed E-state index contributed by atoms with van der Waals surface area (Å²) in [6.45, 7) is 2.07. The largest absolute Gasteiger partial charge is 0.398 e. The molecule has 1 heterocycles. The Labute approximate surface area is 131 Å². The van der Waals surface area contributed by atoms with Crippen molar-refractivity contribution in [2.75, 3.05) is 5.73 Å². The maximum absolute atomic E-state index is 5.98. The Hall–Kier alpha value is -2.14. The van der Waals surface area contributed by atoms with Crippen molar-refractivity contribution in [3.8, 4) is 11.5 Å². The van der Waals surface area contributed by atoms with Crippen LogP contribution in [0.1, 0.15) is 17.0 Å². The fourth-order valence-electron chi connectivity index (χ4n) is 2.14. The molecule has 0 aliphatic rings. The Kier molecular flexibility index (Phi) is 3.75. The second kappa shape index (κ2) is 5.69. The van der Waals surface area contributed by atoms with Gasteiger partial charge in [-0.15, -0.1) is 0 Å². The summed E-state index contributed by atoms with van der Waals surface area (Å²) in [5.74, 6) is 1.10. The Morgan fingerprint density at radius 2 is 2.00 bits per heavy atom. The number of anilines is 1. The van der Waals surface area contributed by atoms with E-state index in [0.717, 1.165) is 10.0 Å². The SMILES string of the molecule is Cc1ccccc1Cc1noc(-c2ccc(Br)cc2N)n1. The molecule has 21 heavy (non-hydrogen) atoms. The van der Waals surface area contributed by atoms with Crippen molar-refractivity contribution in [1.29, 1.82) is 0 Å². The number of nitrogens with zero attached hydrogens (tertiary/aromatic N) is 2. The molecule has 0 fully saturated rings. The van der Waals surface area contributed by atoms with E-state index >= 15 is 0 Å². The van der Waals surface area contributed by atoms with Gasteiger partial charge in [0, 0.05) is 16.6 Å². The van der Waals surface area contributed by atoms with Gasteiger partial charge in [-0.2, -0.15) is 4.98 Å². The fraction of sp³-hybridized carbons (Fsp3) is 0.125. The second-order valence-corrected chi connectivity index (χ2v) is 5.77. The molecule has 0 aliphatic heterocycles. The lowest BCUT2D eigenvalue weighted by atomic mass is 10.1. The summed E-state index contributed by atoms with van der Waals surface area (Å²) < 4.78 is 6.25. The first kappa shape index (κ1) is 13.8. The van der Waals surface area contributed by atoms with E-state index in [1.807, 2.05) is 30.3 Å². The van der Waals surface area contributed by atoms with Gasteiger partial charge < -0.3 is 10.3 Å². The van der Waals surface area contributed by atoms with Gasteiger partial charge in [-0.05, 0) is 36.2 Å². The van der Waals surface area contributed by atoms with E-state index in [-0.39, 0.29) is 0 Å². The van der Waals surface area contributed by atoms with Crippen molar-refractivity contribution in [3.05, 3.63) is 63.9 Å². The highest BCUT2D eigenvalue weighted by atomic mass is 79.9. The average molecular weight is 344 g/mol. The highest BCUT2D eigenvalue weighted by Gasteiger charge is 2.12. The number of hydrogen-bond donors (Lipinski definition) is 1. The van der Waals surface area contributed by atoms with Gasteiger partial charge in [0.15, 0.2) is 5.82 Å². The average Bonchev–Trinajstić information content (AvgIpc) is 2.90. The normalized spacial score (nSPS) is 10.8. The highest BCUT2D eigenvalue weighted by Crippen LogP contribution is 2.27. The lowest BCUT2D eigenvalue weighted by molar-refractivity contribution is 0.424. The molecule has 4 nitrogen and oxygen atoms in total.